The zero-order chi connectivity index (χ0) is 23.8. The molecule has 188 valence electrons. The van der Waals surface area contributed by atoms with Gasteiger partial charge in [-0.25, -0.2) is 0 Å². The van der Waals surface area contributed by atoms with E-state index in [1.807, 2.05) is 0 Å². The molecule has 0 bridgehead atoms. The van der Waals surface area contributed by atoms with E-state index in [9.17, 15) is 4.79 Å². The van der Waals surface area contributed by atoms with Gasteiger partial charge in [0.1, 0.15) is 6.10 Å². The minimum atomic E-state index is -0.0392. The van der Waals surface area contributed by atoms with E-state index in [0.717, 1.165) is 48.3 Å². The molecular weight excluding hydrogens is 472 g/mol. The second kappa shape index (κ2) is 10.4. The van der Waals surface area contributed by atoms with Gasteiger partial charge in [0.25, 0.3) is 0 Å². The van der Waals surface area contributed by atoms with Crippen LogP contribution in [0.15, 0.2) is 11.6 Å². The van der Waals surface area contributed by atoms with Crippen molar-refractivity contribution in [2.24, 2.45) is 46.3 Å². The molecule has 33 heavy (non-hydrogen) atoms. The largest absolute Gasteiger partial charge is 0.462 e. The maximum absolute atomic E-state index is 12.1. The minimum absolute atomic E-state index is 0.0392. The van der Waals surface area contributed by atoms with Crippen LogP contribution in [0, 0.1) is 46.3 Å². The predicted molar refractivity (Wildman–Crippen MR) is 141 cm³/mol. The Labute approximate surface area is 212 Å². The third kappa shape index (κ3) is 5.01. The van der Waals surface area contributed by atoms with Gasteiger partial charge in [-0.05, 0) is 91.3 Å². The van der Waals surface area contributed by atoms with Gasteiger partial charge in [0, 0.05) is 11.8 Å². The van der Waals surface area contributed by atoms with Crippen LogP contribution in [0.2, 0.25) is 0 Å². The fourth-order valence-electron chi connectivity index (χ4n) is 9.07. The van der Waals surface area contributed by atoms with Crippen molar-refractivity contribution in [1.29, 1.82) is 0 Å². The average Bonchev–Trinajstić information content (AvgIpc) is 3.11. The molecule has 0 spiro atoms. The molecule has 3 heteroatoms. The quantitative estimate of drug-likeness (QED) is 0.181. The van der Waals surface area contributed by atoms with E-state index in [-0.39, 0.29) is 12.1 Å². The van der Waals surface area contributed by atoms with Gasteiger partial charge in [0.2, 0.25) is 0 Å². The zero-order valence-corrected chi connectivity index (χ0v) is 23.6. The van der Waals surface area contributed by atoms with Crippen molar-refractivity contribution in [3.8, 4) is 0 Å². The molecule has 4 rings (SSSR count). The number of carbonyl (C=O) groups excluding carboxylic acids is 1. The second-order valence-electron chi connectivity index (χ2n) is 13.1. The Balaban J connectivity index is 1.43. The highest BCUT2D eigenvalue weighted by Crippen LogP contribution is 2.67. The molecule has 0 amide bonds. The number of allylic oxidation sites excluding steroid dienone is 1. The van der Waals surface area contributed by atoms with Crippen LogP contribution < -0.4 is 0 Å². The minimum Gasteiger partial charge on any atom is -0.462 e. The normalized spacial score (nSPS) is 41.1. The molecular formula is C30H49BrO2. The van der Waals surface area contributed by atoms with E-state index in [0.29, 0.717) is 22.6 Å². The van der Waals surface area contributed by atoms with Gasteiger partial charge in [-0.15, -0.1) is 0 Å². The van der Waals surface area contributed by atoms with Crippen LogP contribution in [0.1, 0.15) is 112 Å². The van der Waals surface area contributed by atoms with E-state index in [1.54, 1.807) is 5.57 Å². The number of ether oxygens (including phenoxy) is 1. The first-order valence-corrected chi connectivity index (χ1v) is 15.3. The number of hydrogen-bond acceptors (Lipinski definition) is 2. The lowest BCUT2D eigenvalue weighted by Gasteiger charge is -2.58. The molecule has 0 heterocycles. The zero-order valence-electron chi connectivity index (χ0n) is 22.0. The van der Waals surface area contributed by atoms with Crippen LogP contribution >= 0.6 is 15.9 Å². The summed E-state index contributed by atoms with van der Waals surface area (Å²) >= 11 is 3.36. The maximum Gasteiger partial charge on any atom is 0.306 e. The number of hydrogen-bond donors (Lipinski definition) is 0. The van der Waals surface area contributed by atoms with E-state index < -0.39 is 0 Å². The Kier molecular flexibility index (Phi) is 8.09. The van der Waals surface area contributed by atoms with E-state index in [1.165, 1.54) is 57.8 Å². The third-order valence-corrected chi connectivity index (χ3v) is 11.3. The molecule has 8 atom stereocenters. The summed E-state index contributed by atoms with van der Waals surface area (Å²) in [4.78, 5) is 12.1. The summed E-state index contributed by atoms with van der Waals surface area (Å²) in [7, 11) is 0. The molecule has 0 aromatic rings. The lowest BCUT2D eigenvalue weighted by Crippen LogP contribution is -2.51. The number of halogens is 1. The molecule has 0 aromatic carbocycles. The van der Waals surface area contributed by atoms with Crippen molar-refractivity contribution in [2.75, 3.05) is 5.33 Å². The first-order valence-electron chi connectivity index (χ1n) is 14.1. The van der Waals surface area contributed by atoms with E-state index in [2.05, 4.69) is 56.6 Å². The molecule has 0 saturated heterocycles. The van der Waals surface area contributed by atoms with Crippen LogP contribution in [-0.4, -0.2) is 17.4 Å². The summed E-state index contributed by atoms with van der Waals surface area (Å²) < 4.78 is 5.82. The molecule has 0 radical (unpaired) electrons. The van der Waals surface area contributed by atoms with Crippen molar-refractivity contribution >= 4 is 21.9 Å². The molecule has 4 aliphatic carbocycles. The fraction of sp³-hybridized carbons (Fsp3) is 0.900. The number of carbonyl (C=O) groups is 1. The molecule has 0 N–H and O–H groups in total. The van der Waals surface area contributed by atoms with Gasteiger partial charge in [-0.1, -0.05) is 81.5 Å². The predicted octanol–water partition coefficient (Wildman–Crippen LogP) is 8.72. The Hall–Kier alpha value is -0.310. The number of fused-ring (bicyclic) bond motifs is 5. The van der Waals surface area contributed by atoms with Crippen LogP contribution in [0.3, 0.4) is 0 Å². The molecule has 3 fully saturated rings. The van der Waals surface area contributed by atoms with Crippen LogP contribution in [0.25, 0.3) is 0 Å². The van der Waals surface area contributed by atoms with Crippen LogP contribution in [0.5, 0.6) is 0 Å². The Bertz CT molecular complexity index is 729. The van der Waals surface area contributed by atoms with Crippen molar-refractivity contribution in [2.45, 2.75) is 118 Å². The third-order valence-electron chi connectivity index (χ3n) is 10.9. The molecule has 0 aromatic heterocycles. The summed E-state index contributed by atoms with van der Waals surface area (Å²) in [6, 6.07) is 0. The summed E-state index contributed by atoms with van der Waals surface area (Å²) in [5, 5.41) is 0.695. The van der Waals surface area contributed by atoms with Gasteiger partial charge in [0.15, 0.2) is 0 Å². The van der Waals surface area contributed by atoms with E-state index >= 15 is 0 Å². The number of rotatable bonds is 8. The van der Waals surface area contributed by atoms with E-state index in [4.69, 9.17) is 4.74 Å². The Morgan fingerprint density at radius 3 is 2.61 bits per heavy atom. The number of alkyl halides is 1. The SMILES string of the molecule is CC(C)CCC[C@@H](C)[C@H]1CC[C@H]2[C@H]3CC=C4C[C@@H](OC(=O)CCBr)CC[C@]4(C)[C@@H]3CC[C@]12C. The van der Waals surface area contributed by atoms with Gasteiger partial charge in [-0.3, -0.25) is 4.79 Å². The highest BCUT2D eigenvalue weighted by atomic mass is 79.9. The van der Waals surface area contributed by atoms with Gasteiger partial charge in [-0.2, -0.15) is 0 Å². The van der Waals surface area contributed by atoms with Crippen LogP contribution in [-0.2, 0) is 9.53 Å². The lowest BCUT2D eigenvalue weighted by molar-refractivity contribution is -0.151. The van der Waals surface area contributed by atoms with Crippen molar-refractivity contribution in [1.82, 2.24) is 0 Å². The standard InChI is InChI=1S/C30H49BrO2/c1-20(2)7-6-8-21(3)25-11-12-26-24-10-9-22-19-23(33-28(32)15-18-31)13-16-29(22,4)27(24)14-17-30(25,26)5/h9,20-21,23-27H,6-8,10-19H2,1-5H3/t21-,23+,24-,25-,26+,27-,29+,30-/m1/s1. The second-order valence-corrected chi connectivity index (χ2v) is 13.9. The first-order chi connectivity index (χ1) is 15.7. The van der Waals surface area contributed by atoms with Crippen molar-refractivity contribution < 1.29 is 9.53 Å². The lowest BCUT2D eigenvalue weighted by atomic mass is 9.47. The summed E-state index contributed by atoms with van der Waals surface area (Å²) in [5.41, 5.74) is 2.51. The fourth-order valence-corrected chi connectivity index (χ4v) is 9.40. The summed E-state index contributed by atoms with van der Waals surface area (Å²) in [6.07, 6.45) is 17.7. The van der Waals surface area contributed by atoms with Gasteiger partial charge in [0.05, 0.1) is 6.42 Å². The molecule has 0 unspecified atom stereocenters. The maximum atomic E-state index is 12.1. The van der Waals surface area contributed by atoms with Gasteiger partial charge < -0.3 is 4.74 Å². The Morgan fingerprint density at radius 1 is 1.09 bits per heavy atom. The van der Waals surface area contributed by atoms with Crippen molar-refractivity contribution in [3.05, 3.63) is 11.6 Å². The molecule has 0 aliphatic heterocycles. The summed E-state index contributed by atoms with van der Waals surface area (Å²) in [5.74, 6) is 5.23. The monoisotopic (exact) mass is 520 g/mol. The Morgan fingerprint density at radius 2 is 1.88 bits per heavy atom. The molecule has 4 aliphatic rings. The molecule has 3 saturated carbocycles. The van der Waals surface area contributed by atoms with Crippen molar-refractivity contribution in [3.63, 3.8) is 0 Å². The number of esters is 1. The highest BCUT2D eigenvalue weighted by molar-refractivity contribution is 9.09. The highest BCUT2D eigenvalue weighted by Gasteiger charge is 2.59. The summed E-state index contributed by atoms with van der Waals surface area (Å²) in [6.45, 7) is 12.6. The topological polar surface area (TPSA) is 26.3 Å². The first kappa shape index (κ1) is 25.8. The molecule has 2 nitrogen and oxygen atoms in total. The van der Waals surface area contributed by atoms with Gasteiger partial charge >= 0.3 is 5.97 Å². The smallest absolute Gasteiger partial charge is 0.306 e. The van der Waals surface area contributed by atoms with Crippen LogP contribution in [0.4, 0.5) is 0 Å². The average molecular weight is 522 g/mol.